The topological polar surface area (TPSA) is 26.3 Å². The van der Waals surface area contributed by atoms with Crippen molar-refractivity contribution >= 4 is 23.0 Å². The SMILES string of the molecule is O=C1CCc2c1ccc(Cl)c2C1=CCOCC1. The first-order valence-corrected chi connectivity index (χ1v) is 6.27. The molecular weight excluding hydrogens is 236 g/mol. The highest BCUT2D eigenvalue weighted by Crippen LogP contribution is 2.36. The molecule has 0 aromatic heterocycles. The molecule has 0 bridgehead atoms. The number of benzene rings is 1. The Kier molecular flexibility index (Phi) is 2.77. The summed E-state index contributed by atoms with van der Waals surface area (Å²) in [6.07, 6.45) is 4.40. The fourth-order valence-corrected chi connectivity index (χ4v) is 2.91. The van der Waals surface area contributed by atoms with E-state index in [9.17, 15) is 4.79 Å². The molecule has 1 heterocycles. The van der Waals surface area contributed by atoms with Crippen molar-refractivity contribution in [3.8, 4) is 0 Å². The van der Waals surface area contributed by atoms with Crippen molar-refractivity contribution in [3.63, 3.8) is 0 Å². The van der Waals surface area contributed by atoms with Crippen LogP contribution in [0.5, 0.6) is 0 Å². The second-order valence-corrected chi connectivity index (χ2v) is 4.83. The molecule has 3 heteroatoms. The van der Waals surface area contributed by atoms with Crippen molar-refractivity contribution in [3.05, 3.63) is 39.9 Å². The number of Topliss-reactive ketones (excluding diaryl/α,β-unsaturated/α-hetero) is 1. The van der Waals surface area contributed by atoms with E-state index in [1.807, 2.05) is 12.1 Å². The number of hydrogen-bond acceptors (Lipinski definition) is 2. The van der Waals surface area contributed by atoms with Crippen LogP contribution in [0.15, 0.2) is 18.2 Å². The van der Waals surface area contributed by atoms with Gasteiger partial charge in [-0.25, -0.2) is 0 Å². The third-order valence-corrected chi connectivity index (χ3v) is 3.76. The molecule has 0 fully saturated rings. The Morgan fingerprint density at radius 2 is 2.06 bits per heavy atom. The number of ketones is 1. The average Bonchev–Trinajstić information content (AvgIpc) is 2.72. The summed E-state index contributed by atoms with van der Waals surface area (Å²) in [5.74, 6) is 0.241. The Hall–Kier alpha value is -1.12. The minimum Gasteiger partial charge on any atom is -0.377 e. The first-order valence-electron chi connectivity index (χ1n) is 5.89. The van der Waals surface area contributed by atoms with Crippen molar-refractivity contribution in [2.24, 2.45) is 0 Å². The van der Waals surface area contributed by atoms with E-state index >= 15 is 0 Å². The minimum atomic E-state index is 0.241. The van der Waals surface area contributed by atoms with Gasteiger partial charge < -0.3 is 4.74 Å². The maximum Gasteiger partial charge on any atom is 0.163 e. The lowest BCUT2D eigenvalue weighted by Crippen LogP contribution is -2.06. The van der Waals surface area contributed by atoms with Gasteiger partial charge in [-0.05, 0) is 36.1 Å². The summed E-state index contributed by atoms with van der Waals surface area (Å²) >= 11 is 6.30. The zero-order valence-corrected chi connectivity index (χ0v) is 10.2. The molecule has 0 unspecified atom stereocenters. The molecule has 0 amide bonds. The standard InChI is InChI=1S/C14H13ClO2/c15-12-3-1-10-11(2-4-13(10)16)14(12)9-5-7-17-8-6-9/h1,3,5H,2,4,6-8H2. The summed E-state index contributed by atoms with van der Waals surface area (Å²) in [4.78, 5) is 11.7. The maximum atomic E-state index is 11.7. The van der Waals surface area contributed by atoms with Crippen LogP contribution in [0.3, 0.4) is 0 Å². The zero-order chi connectivity index (χ0) is 11.8. The van der Waals surface area contributed by atoms with Gasteiger partial charge >= 0.3 is 0 Å². The first-order chi connectivity index (χ1) is 8.27. The smallest absolute Gasteiger partial charge is 0.163 e. The van der Waals surface area contributed by atoms with Crippen LogP contribution in [-0.2, 0) is 11.2 Å². The van der Waals surface area contributed by atoms with E-state index in [0.29, 0.717) is 13.0 Å². The molecule has 17 heavy (non-hydrogen) atoms. The van der Waals surface area contributed by atoms with Crippen molar-refractivity contribution in [2.45, 2.75) is 19.3 Å². The van der Waals surface area contributed by atoms with Gasteiger partial charge in [0.2, 0.25) is 0 Å². The van der Waals surface area contributed by atoms with Gasteiger partial charge in [0, 0.05) is 22.6 Å². The molecule has 3 rings (SSSR count). The van der Waals surface area contributed by atoms with Crippen LogP contribution in [0.1, 0.15) is 34.3 Å². The molecule has 0 saturated heterocycles. The van der Waals surface area contributed by atoms with Gasteiger partial charge in [0.15, 0.2) is 5.78 Å². The summed E-state index contributed by atoms with van der Waals surface area (Å²) in [7, 11) is 0. The summed E-state index contributed by atoms with van der Waals surface area (Å²) in [5.41, 5.74) is 4.30. The van der Waals surface area contributed by atoms with E-state index in [-0.39, 0.29) is 5.78 Å². The second kappa shape index (κ2) is 4.28. The predicted molar refractivity (Wildman–Crippen MR) is 67.5 cm³/mol. The van der Waals surface area contributed by atoms with Crippen LogP contribution in [0, 0.1) is 0 Å². The van der Waals surface area contributed by atoms with Crippen LogP contribution in [-0.4, -0.2) is 19.0 Å². The second-order valence-electron chi connectivity index (χ2n) is 4.43. The van der Waals surface area contributed by atoms with E-state index in [4.69, 9.17) is 16.3 Å². The van der Waals surface area contributed by atoms with Gasteiger partial charge in [-0.15, -0.1) is 0 Å². The molecule has 0 saturated carbocycles. The quantitative estimate of drug-likeness (QED) is 0.763. The van der Waals surface area contributed by atoms with E-state index in [0.717, 1.165) is 41.2 Å². The largest absolute Gasteiger partial charge is 0.377 e. The molecule has 2 nitrogen and oxygen atoms in total. The summed E-state index contributed by atoms with van der Waals surface area (Å²) in [5, 5.41) is 0.756. The molecule has 88 valence electrons. The van der Waals surface area contributed by atoms with E-state index in [2.05, 4.69) is 6.08 Å². The maximum absolute atomic E-state index is 11.7. The molecule has 2 aliphatic rings. The summed E-state index contributed by atoms with van der Waals surface area (Å²) in [6, 6.07) is 3.70. The van der Waals surface area contributed by atoms with E-state index < -0.39 is 0 Å². The molecule has 1 aromatic carbocycles. The van der Waals surface area contributed by atoms with Gasteiger partial charge in [0.1, 0.15) is 0 Å². The van der Waals surface area contributed by atoms with Crippen LogP contribution in [0.25, 0.3) is 5.57 Å². The van der Waals surface area contributed by atoms with E-state index in [1.165, 1.54) is 5.57 Å². The lowest BCUT2D eigenvalue weighted by atomic mass is 9.94. The van der Waals surface area contributed by atoms with Crippen LogP contribution in [0.2, 0.25) is 5.02 Å². The van der Waals surface area contributed by atoms with E-state index in [1.54, 1.807) is 0 Å². The summed E-state index contributed by atoms with van der Waals surface area (Å²) < 4.78 is 5.32. The summed E-state index contributed by atoms with van der Waals surface area (Å²) in [6.45, 7) is 1.38. The lowest BCUT2D eigenvalue weighted by molar-refractivity contribution is 0.0994. The Balaban J connectivity index is 2.16. The Morgan fingerprint density at radius 1 is 1.18 bits per heavy atom. The number of halogens is 1. The van der Waals surface area contributed by atoms with Crippen molar-refractivity contribution < 1.29 is 9.53 Å². The monoisotopic (exact) mass is 248 g/mol. The molecule has 0 radical (unpaired) electrons. The van der Waals surface area contributed by atoms with Gasteiger partial charge in [-0.1, -0.05) is 17.7 Å². The number of fused-ring (bicyclic) bond motifs is 1. The van der Waals surface area contributed by atoms with Crippen molar-refractivity contribution in [2.75, 3.05) is 13.2 Å². The number of rotatable bonds is 1. The average molecular weight is 249 g/mol. The fourth-order valence-electron chi connectivity index (χ4n) is 2.61. The Labute approximate surface area is 105 Å². The van der Waals surface area contributed by atoms with Gasteiger partial charge in [-0.3, -0.25) is 4.79 Å². The van der Waals surface area contributed by atoms with Crippen LogP contribution >= 0.6 is 11.6 Å². The Bertz CT molecular complexity index is 517. The molecule has 0 spiro atoms. The van der Waals surface area contributed by atoms with Crippen LogP contribution < -0.4 is 0 Å². The first kappa shape index (κ1) is 11.0. The molecule has 1 aliphatic carbocycles. The Morgan fingerprint density at radius 3 is 2.82 bits per heavy atom. The highest BCUT2D eigenvalue weighted by molar-refractivity contribution is 6.32. The number of hydrogen-bond donors (Lipinski definition) is 0. The third-order valence-electron chi connectivity index (χ3n) is 3.45. The predicted octanol–water partition coefficient (Wildman–Crippen LogP) is 3.27. The number of carbonyl (C=O) groups excluding carboxylic acids is 1. The third kappa shape index (κ3) is 1.81. The number of carbonyl (C=O) groups is 1. The van der Waals surface area contributed by atoms with Gasteiger partial charge in [0.05, 0.1) is 13.2 Å². The normalized spacial score (nSPS) is 19.1. The van der Waals surface area contributed by atoms with Gasteiger partial charge in [-0.2, -0.15) is 0 Å². The fraction of sp³-hybridized carbons (Fsp3) is 0.357. The zero-order valence-electron chi connectivity index (χ0n) is 9.46. The highest BCUT2D eigenvalue weighted by atomic mass is 35.5. The molecular formula is C14H13ClO2. The highest BCUT2D eigenvalue weighted by Gasteiger charge is 2.25. The van der Waals surface area contributed by atoms with Crippen molar-refractivity contribution in [1.29, 1.82) is 0 Å². The lowest BCUT2D eigenvalue weighted by Gasteiger charge is -2.17. The van der Waals surface area contributed by atoms with Crippen LogP contribution in [0.4, 0.5) is 0 Å². The van der Waals surface area contributed by atoms with Gasteiger partial charge in [0.25, 0.3) is 0 Å². The minimum absolute atomic E-state index is 0.241. The molecule has 0 N–H and O–H groups in total. The molecule has 0 atom stereocenters. The molecule has 1 aromatic rings. The van der Waals surface area contributed by atoms with Crippen molar-refractivity contribution in [1.82, 2.24) is 0 Å². The molecule has 1 aliphatic heterocycles. The number of ether oxygens (including phenoxy) is 1.